The van der Waals surface area contributed by atoms with Crippen molar-refractivity contribution in [2.75, 3.05) is 17.7 Å². The third kappa shape index (κ3) is 5.57. The van der Waals surface area contributed by atoms with E-state index in [1.807, 2.05) is 48.5 Å². The molecule has 0 aliphatic heterocycles. The number of carbonyl (C=O) groups is 1. The maximum absolute atomic E-state index is 12.8. The van der Waals surface area contributed by atoms with Crippen LogP contribution in [0.5, 0.6) is 0 Å². The third-order valence-electron chi connectivity index (χ3n) is 5.75. The number of thioether (sulfide) groups is 1. The van der Waals surface area contributed by atoms with Crippen molar-refractivity contribution in [2.24, 2.45) is 0 Å². The minimum atomic E-state index is 0.0153. The summed E-state index contributed by atoms with van der Waals surface area (Å²) in [6.07, 6.45) is 0. The van der Waals surface area contributed by atoms with Gasteiger partial charge in [0, 0.05) is 18.3 Å². The van der Waals surface area contributed by atoms with Gasteiger partial charge < -0.3 is 4.90 Å². The Morgan fingerprint density at radius 2 is 1.50 bits per heavy atom. The van der Waals surface area contributed by atoms with E-state index in [2.05, 4.69) is 71.9 Å². The lowest BCUT2D eigenvalue weighted by atomic mass is 9.87. The number of nitrogens with zero attached hydrogens (tertiary/aromatic N) is 4. The number of rotatable bonds is 7. The summed E-state index contributed by atoms with van der Waals surface area (Å²) in [4.78, 5) is 14.5. The van der Waals surface area contributed by atoms with E-state index in [0.29, 0.717) is 6.54 Å². The van der Waals surface area contributed by atoms with Gasteiger partial charge in [-0.25, -0.2) is 0 Å². The van der Waals surface area contributed by atoms with Crippen LogP contribution in [0, 0.1) is 0 Å². The fraction of sp³-hybridized carbons (Fsp3) is 0.250. The summed E-state index contributed by atoms with van der Waals surface area (Å²) in [6, 6.07) is 28.4. The molecular weight excluding hydrogens is 440 g/mol. The molecule has 0 fully saturated rings. The van der Waals surface area contributed by atoms with Crippen LogP contribution in [0.1, 0.15) is 31.9 Å². The molecule has 0 unspecified atom stereocenters. The van der Waals surface area contributed by atoms with Crippen LogP contribution >= 0.6 is 11.8 Å². The van der Waals surface area contributed by atoms with Gasteiger partial charge in [-0.05, 0) is 28.7 Å². The summed E-state index contributed by atoms with van der Waals surface area (Å²) in [6.45, 7) is 7.25. The Morgan fingerprint density at radius 3 is 2.12 bits per heavy atom. The highest BCUT2D eigenvalue weighted by atomic mass is 32.2. The first-order chi connectivity index (χ1) is 16.3. The molecule has 0 N–H and O–H groups in total. The van der Waals surface area contributed by atoms with Crippen molar-refractivity contribution in [3.63, 3.8) is 0 Å². The highest BCUT2D eigenvalue weighted by Gasteiger charge is 2.19. The fourth-order valence-electron chi connectivity index (χ4n) is 3.66. The van der Waals surface area contributed by atoms with Gasteiger partial charge in [-0.15, -0.1) is 10.2 Å². The predicted octanol–water partition coefficient (Wildman–Crippen LogP) is 6.05. The topological polar surface area (TPSA) is 51.0 Å². The molecule has 4 rings (SSSR count). The molecule has 34 heavy (non-hydrogen) atoms. The zero-order chi connectivity index (χ0) is 24.1. The van der Waals surface area contributed by atoms with Gasteiger partial charge in [0.25, 0.3) is 0 Å². The third-order valence-corrected chi connectivity index (χ3v) is 6.70. The summed E-state index contributed by atoms with van der Waals surface area (Å²) in [5.41, 5.74) is 4.40. The first-order valence-corrected chi connectivity index (χ1v) is 12.3. The van der Waals surface area contributed by atoms with Gasteiger partial charge in [-0.2, -0.15) is 0 Å². The predicted molar refractivity (Wildman–Crippen MR) is 140 cm³/mol. The van der Waals surface area contributed by atoms with Crippen molar-refractivity contribution in [3.8, 4) is 11.4 Å². The minimum Gasteiger partial charge on any atom is -0.315 e. The first kappa shape index (κ1) is 23.8. The number of carbonyl (C=O) groups excluding carboxylic acids is 1. The molecule has 0 saturated heterocycles. The molecule has 0 spiro atoms. The molecular formula is C28H30N4OS. The van der Waals surface area contributed by atoms with Crippen molar-refractivity contribution in [2.45, 2.75) is 37.9 Å². The van der Waals surface area contributed by atoms with Crippen molar-refractivity contribution in [1.29, 1.82) is 0 Å². The Morgan fingerprint density at radius 1 is 0.882 bits per heavy atom. The van der Waals surface area contributed by atoms with Crippen LogP contribution < -0.4 is 4.90 Å². The SMILES string of the molecule is CN(C(=O)CSc1nnc(-c2ccc(C(C)(C)C)cc2)n1Cc1ccccc1)c1ccccc1. The highest BCUT2D eigenvalue weighted by Crippen LogP contribution is 2.28. The van der Waals surface area contributed by atoms with Crippen LogP contribution in [-0.2, 0) is 16.8 Å². The molecule has 0 bridgehead atoms. The molecule has 0 aliphatic carbocycles. The largest absolute Gasteiger partial charge is 0.315 e. The first-order valence-electron chi connectivity index (χ1n) is 11.4. The van der Waals surface area contributed by atoms with Gasteiger partial charge in [-0.1, -0.05) is 105 Å². The second-order valence-corrected chi connectivity index (χ2v) is 10.2. The monoisotopic (exact) mass is 470 g/mol. The fourth-order valence-corrected chi connectivity index (χ4v) is 4.51. The maximum atomic E-state index is 12.8. The summed E-state index contributed by atoms with van der Waals surface area (Å²) >= 11 is 1.42. The average molecular weight is 471 g/mol. The zero-order valence-electron chi connectivity index (χ0n) is 20.1. The Hall–Kier alpha value is -3.38. The number of amides is 1. The number of aromatic nitrogens is 3. The van der Waals surface area contributed by atoms with Gasteiger partial charge in [0.1, 0.15) is 0 Å². The normalized spacial score (nSPS) is 11.4. The Bertz CT molecular complexity index is 1230. The van der Waals surface area contributed by atoms with Crippen molar-refractivity contribution < 1.29 is 4.79 Å². The van der Waals surface area contributed by atoms with Gasteiger partial charge in [0.2, 0.25) is 5.91 Å². The van der Waals surface area contributed by atoms with Crippen LogP contribution in [0.15, 0.2) is 90.1 Å². The van der Waals surface area contributed by atoms with Crippen LogP contribution in [0.4, 0.5) is 5.69 Å². The van der Waals surface area contributed by atoms with Gasteiger partial charge in [0.05, 0.1) is 12.3 Å². The molecule has 6 heteroatoms. The second-order valence-electron chi connectivity index (χ2n) is 9.28. The van der Waals surface area contributed by atoms with Gasteiger partial charge in [0.15, 0.2) is 11.0 Å². The van der Waals surface area contributed by atoms with E-state index in [9.17, 15) is 4.79 Å². The number of hydrogen-bond acceptors (Lipinski definition) is 4. The Kier molecular flexibility index (Phi) is 7.17. The highest BCUT2D eigenvalue weighted by molar-refractivity contribution is 7.99. The molecule has 0 radical (unpaired) electrons. The van der Waals surface area contributed by atoms with Crippen LogP contribution in [0.3, 0.4) is 0 Å². The Labute approximate surface area is 205 Å². The number of hydrogen-bond donors (Lipinski definition) is 0. The molecule has 0 saturated carbocycles. The van der Waals surface area contributed by atoms with E-state index >= 15 is 0 Å². The lowest BCUT2D eigenvalue weighted by Gasteiger charge is -2.19. The van der Waals surface area contributed by atoms with Crippen molar-refractivity contribution in [1.82, 2.24) is 14.8 Å². The van der Waals surface area contributed by atoms with Gasteiger partial charge >= 0.3 is 0 Å². The number of anilines is 1. The second kappa shape index (κ2) is 10.3. The van der Waals surface area contributed by atoms with E-state index < -0.39 is 0 Å². The van der Waals surface area contributed by atoms with E-state index in [1.165, 1.54) is 17.3 Å². The van der Waals surface area contributed by atoms with E-state index in [4.69, 9.17) is 0 Å². The summed E-state index contributed by atoms with van der Waals surface area (Å²) in [5.74, 6) is 1.10. The maximum Gasteiger partial charge on any atom is 0.237 e. The summed E-state index contributed by atoms with van der Waals surface area (Å²) in [7, 11) is 1.80. The molecule has 174 valence electrons. The lowest BCUT2D eigenvalue weighted by molar-refractivity contribution is -0.115. The molecule has 1 heterocycles. The zero-order valence-corrected chi connectivity index (χ0v) is 20.9. The standard InChI is InChI=1S/C28H30N4OS/c1-28(2,3)23-17-15-22(16-18-23)26-29-30-27(32(26)19-21-11-7-5-8-12-21)34-20-25(33)31(4)24-13-9-6-10-14-24/h5-18H,19-20H2,1-4H3. The Balaban J connectivity index is 1.59. The molecule has 3 aromatic carbocycles. The molecule has 0 aliphatic rings. The van der Waals surface area contributed by atoms with Crippen LogP contribution in [0.2, 0.25) is 0 Å². The minimum absolute atomic E-state index is 0.0153. The quantitative estimate of drug-likeness (QED) is 0.309. The number of para-hydroxylation sites is 1. The average Bonchev–Trinajstić information content (AvgIpc) is 3.25. The van der Waals surface area contributed by atoms with E-state index in [-0.39, 0.29) is 17.1 Å². The van der Waals surface area contributed by atoms with Gasteiger partial charge in [-0.3, -0.25) is 9.36 Å². The van der Waals surface area contributed by atoms with Crippen molar-refractivity contribution in [3.05, 3.63) is 96.1 Å². The van der Waals surface area contributed by atoms with Crippen LogP contribution in [0.25, 0.3) is 11.4 Å². The summed E-state index contributed by atoms with van der Waals surface area (Å²) in [5, 5.41) is 9.72. The smallest absolute Gasteiger partial charge is 0.237 e. The molecule has 5 nitrogen and oxygen atoms in total. The van der Waals surface area contributed by atoms with E-state index in [0.717, 1.165) is 27.8 Å². The van der Waals surface area contributed by atoms with E-state index in [1.54, 1.807) is 11.9 Å². The lowest BCUT2D eigenvalue weighted by Crippen LogP contribution is -2.28. The van der Waals surface area contributed by atoms with Crippen LogP contribution in [-0.4, -0.2) is 33.5 Å². The molecule has 1 amide bonds. The molecule has 0 atom stereocenters. The number of benzene rings is 3. The van der Waals surface area contributed by atoms with Crippen molar-refractivity contribution >= 4 is 23.4 Å². The summed E-state index contributed by atoms with van der Waals surface area (Å²) < 4.78 is 2.10. The molecule has 1 aromatic heterocycles. The molecule has 4 aromatic rings.